The molecule has 40 heavy (non-hydrogen) atoms. The molecule has 0 saturated heterocycles. The molecule has 0 heterocycles. The molecule has 0 spiro atoms. The summed E-state index contributed by atoms with van der Waals surface area (Å²) in [5.74, 6) is 2.56. The summed E-state index contributed by atoms with van der Waals surface area (Å²) in [5, 5.41) is 22.4. The average molecular weight is 573 g/mol. The molecule has 224 valence electrons. The second kappa shape index (κ2) is 11.4. The van der Waals surface area contributed by atoms with Gasteiger partial charge in [-0.05, 0) is 116 Å². The average Bonchev–Trinajstić information content (AvgIpc) is 3.27. The lowest BCUT2D eigenvalue weighted by molar-refractivity contribution is -0.203. The first-order chi connectivity index (χ1) is 18.9. The molecule has 2 N–H and O–H groups in total. The van der Waals surface area contributed by atoms with E-state index in [0.29, 0.717) is 41.9 Å². The molecule has 0 radical (unpaired) electrons. The summed E-state index contributed by atoms with van der Waals surface area (Å²) in [6.07, 6.45) is 10.1. The Bertz CT molecular complexity index is 1150. The van der Waals surface area contributed by atoms with E-state index in [0.717, 1.165) is 38.5 Å². The summed E-state index contributed by atoms with van der Waals surface area (Å²) in [4.78, 5) is 12.8. The zero-order chi connectivity index (χ0) is 28.9. The monoisotopic (exact) mass is 572 g/mol. The molecule has 5 nitrogen and oxygen atoms in total. The van der Waals surface area contributed by atoms with Gasteiger partial charge < -0.3 is 10.2 Å². The molecular weight excluding hydrogens is 520 g/mol. The number of carbonyl (C=O) groups is 1. The lowest BCUT2D eigenvalue weighted by Crippen LogP contribution is -2.62. The van der Waals surface area contributed by atoms with E-state index in [1.54, 1.807) is 30.3 Å². The zero-order valence-electron chi connectivity index (χ0n) is 25.1. The van der Waals surface area contributed by atoms with Crippen LogP contribution in [-0.2, 0) is 14.6 Å². The summed E-state index contributed by atoms with van der Waals surface area (Å²) in [6.45, 7) is 9.54. The highest BCUT2D eigenvalue weighted by atomic mass is 32.2. The normalized spacial score (nSPS) is 42.0. The van der Waals surface area contributed by atoms with Crippen LogP contribution in [0.25, 0.3) is 0 Å². The van der Waals surface area contributed by atoms with Crippen LogP contribution in [0.5, 0.6) is 0 Å². The van der Waals surface area contributed by atoms with Crippen molar-refractivity contribution in [2.24, 2.45) is 52.3 Å². The molecule has 4 fully saturated rings. The van der Waals surface area contributed by atoms with E-state index in [9.17, 15) is 23.4 Å². The minimum Gasteiger partial charge on any atom is -0.393 e. The number of carbonyl (C=O) groups excluding carboxylic acids is 1. The van der Waals surface area contributed by atoms with E-state index in [4.69, 9.17) is 0 Å². The molecule has 1 aromatic rings. The van der Waals surface area contributed by atoms with Crippen LogP contribution in [0, 0.1) is 52.3 Å². The largest absolute Gasteiger partial charge is 0.393 e. The molecule has 4 unspecified atom stereocenters. The number of ketones is 1. The van der Waals surface area contributed by atoms with Gasteiger partial charge in [0.05, 0.1) is 17.1 Å². The highest BCUT2D eigenvalue weighted by molar-refractivity contribution is 7.92. The Morgan fingerprint density at radius 1 is 0.975 bits per heavy atom. The summed E-state index contributed by atoms with van der Waals surface area (Å²) in [6, 6.07) is 8.27. The third kappa shape index (κ3) is 5.24. The number of aliphatic hydroxyl groups excluding tert-OH is 2. The molecule has 4 aliphatic rings. The first kappa shape index (κ1) is 30.2. The van der Waals surface area contributed by atoms with Gasteiger partial charge in [-0.3, -0.25) is 4.79 Å². The number of hydrogen-bond acceptors (Lipinski definition) is 5. The molecular formula is C34H52O5S. The quantitative estimate of drug-likeness (QED) is 0.354. The second-order valence-electron chi connectivity index (χ2n) is 14.6. The number of sulfone groups is 1. The molecule has 11 atom stereocenters. The molecule has 4 aliphatic carbocycles. The Labute approximate surface area is 242 Å². The summed E-state index contributed by atoms with van der Waals surface area (Å²) in [7, 11) is -3.58. The number of fused-ring (bicyclic) bond motifs is 5. The summed E-state index contributed by atoms with van der Waals surface area (Å²) >= 11 is 0. The van der Waals surface area contributed by atoms with Gasteiger partial charge in [0, 0.05) is 6.42 Å². The fourth-order valence-electron chi connectivity index (χ4n) is 10.8. The number of aliphatic hydroxyl groups is 2. The van der Waals surface area contributed by atoms with Crippen LogP contribution in [0.1, 0.15) is 98.3 Å². The highest BCUT2D eigenvalue weighted by Crippen LogP contribution is 2.69. The number of hydrogen-bond donors (Lipinski definition) is 2. The van der Waals surface area contributed by atoms with Crippen molar-refractivity contribution < 1.29 is 23.4 Å². The van der Waals surface area contributed by atoms with Crippen molar-refractivity contribution in [2.75, 3.05) is 5.75 Å². The van der Waals surface area contributed by atoms with Gasteiger partial charge in [-0.25, -0.2) is 8.42 Å². The maximum atomic E-state index is 12.6. The van der Waals surface area contributed by atoms with Gasteiger partial charge in [0.15, 0.2) is 9.84 Å². The van der Waals surface area contributed by atoms with Gasteiger partial charge >= 0.3 is 0 Å². The fourth-order valence-corrected chi connectivity index (χ4v) is 12.1. The minimum atomic E-state index is -3.58. The van der Waals surface area contributed by atoms with E-state index in [1.807, 2.05) is 0 Å². The van der Waals surface area contributed by atoms with Crippen LogP contribution in [0.3, 0.4) is 0 Å². The Balaban J connectivity index is 1.22. The van der Waals surface area contributed by atoms with Crippen molar-refractivity contribution in [1.82, 2.24) is 0 Å². The van der Waals surface area contributed by atoms with Gasteiger partial charge in [0.25, 0.3) is 0 Å². The maximum absolute atomic E-state index is 12.6. The predicted molar refractivity (Wildman–Crippen MR) is 158 cm³/mol. The van der Waals surface area contributed by atoms with E-state index < -0.39 is 15.6 Å². The standard InChI is InChI=1S/C34H52O5S/c1-5-26-30-20-23(35)16-18-34(30,4)29-17-19-33(3)27(14-15-28(33)31(29)32(26)37)22(2)10-9-11-24(36)21-40(38,39)25-12-7-6-8-13-25/h6-8,12-13,22-23,26-32,35,37H,5,9-11,14-21H2,1-4H3/t22-,23-,26-,27?,28?,29?,30+,31?,32-,33-,34-/m1/s1. The van der Waals surface area contributed by atoms with Crippen molar-refractivity contribution in [3.63, 3.8) is 0 Å². The third-order valence-corrected chi connectivity index (χ3v) is 14.4. The lowest BCUT2D eigenvalue weighted by atomic mass is 9.41. The van der Waals surface area contributed by atoms with E-state index in [2.05, 4.69) is 27.7 Å². The van der Waals surface area contributed by atoms with Crippen LogP contribution in [0.4, 0.5) is 0 Å². The van der Waals surface area contributed by atoms with E-state index in [-0.39, 0.29) is 39.6 Å². The number of Topliss-reactive ketones (excluding diaryl/α,β-unsaturated/α-hetero) is 1. The smallest absolute Gasteiger partial charge is 0.185 e. The first-order valence-electron chi connectivity index (χ1n) is 16.1. The maximum Gasteiger partial charge on any atom is 0.185 e. The van der Waals surface area contributed by atoms with Crippen LogP contribution >= 0.6 is 0 Å². The minimum absolute atomic E-state index is 0.191. The van der Waals surface area contributed by atoms with Crippen LogP contribution in [0.15, 0.2) is 35.2 Å². The first-order valence-corrected chi connectivity index (χ1v) is 17.7. The third-order valence-electron chi connectivity index (χ3n) is 12.7. The Kier molecular flexibility index (Phi) is 8.65. The van der Waals surface area contributed by atoms with Crippen LogP contribution in [-0.4, -0.2) is 42.4 Å². The molecule has 4 saturated carbocycles. The molecule has 0 amide bonds. The fraction of sp³-hybridized carbons (Fsp3) is 0.794. The molecule has 0 bridgehead atoms. The Morgan fingerprint density at radius 3 is 2.35 bits per heavy atom. The highest BCUT2D eigenvalue weighted by Gasteiger charge is 2.64. The summed E-state index contributed by atoms with van der Waals surface area (Å²) in [5.41, 5.74) is 0.424. The van der Waals surface area contributed by atoms with Crippen molar-refractivity contribution >= 4 is 15.6 Å². The van der Waals surface area contributed by atoms with Gasteiger partial charge in [-0.1, -0.05) is 58.7 Å². The van der Waals surface area contributed by atoms with Gasteiger partial charge in [-0.2, -0.15) is 0 Å². The molecule has 5 rings (SSSR count). The summed E-state index contributed by atoms with van der Waals surface area (Å²) < 4.78 is 25.2. The van der Waals surface area contributed by atoms with Gasteiger partial charge in [0.1, 0.15) is 11.5 Å². The topological polar surface area (TPSA) is 91.7 Å². The Hall–Kier alpha value is -1.24. The molecule has 1 aromatic carbocycles. The van der Waals surface area contributed by atoms with Crippen molar-refractivity contribution in [2.45, 2.75) is 115 Å². The van der Waals surface area contributed by atoms with E-state index in [1.165, 1.54) is 25.7 Å². The number of benzene rings is 1. The molecule has 6 heteroatoms. The molecule has 0 aromatic heterocycles. The van der Waals surface area contributed by atoms with Crippen molar-refractivity contribution in [3.05, 3.63) is 30.3 Å². The number of rotatable bonds is 9. The van der Waals surface area contributed by atoms with Gasteiger partial charge in [-0.15, -0.1) is 0 Å². The van der Waals surface area contributed by atoms with Crippen molar-refractivity contribution in [3.8, 4) is 0 Å². The van der Waals surface area contributed by atoms with Crippen LogP contribution < -0.4 is 0 Å². The second-order valence-corrected chi connectivity index (χ2v) is 16.6. The molecule has 0 aliphatic heterocycles. The van der Waals surface area contributed by atoms with Crippen molar-refractivity contribution in [1.29, 1.82) is 0 Å². The SMILES string of the molecule is CC[C@H]1[C@@H](O)C2C3CCC([C@H](C)CCCC(=O)CS(=O)(=O)c4ccccc4)[C@@]3(C)CCC2[C@@]2(C)CC[C@@H](O)C[C@@H]12. The van der Waals surface area contributed by atoms with Gasteiger partial charge in [0.2, 0.25) is 0 Å². The van der Waals surface area contributed by atoms with E-state index >= 15 is 0 Å². The predicted octanol–water partition coefficient (Wildman–Crippen LogP) is 6.46. The zero-order valence-corrected chi connectivity index (χ0v) is 25.9. The Morgan fingerprint density at radius 2 is 1.65 bits per heavy atom. The van der Waals surface area contributed by atoms with Crippen LogP contribution in [0.2, 0.25) is 0 Å². The lowest BCUT2D eigenvalue weighted by Gasteiger charge is -2.64.